The lowest BCUT2D eigenvalue weighted by atomic mass is 10.1. The van der Waals surface area contributed by atoms with Gasteiger partial charge in [0.05, 0.1) is 18.2 Å². The van der Waals surface area contributed by atoms with Crippen LogP contribution < -0.4 is 10.6 Å². The predicted molar refractivity (Wildman–Crippen MR) is 105 cm³/mol. The first-order chi connectivity index (χ1) is 14.2. The molecule has 0 aliphatic carbocycles. The van der Waals surface area contributed by atoms with Gasteiger partial charge in [-0.25, -0.2) is 4.79 Å². The number of primary amides is 1. The molecule has 1 saturated heterocycles. The number of ether oxygens (including phenoxy) is 1. The third-order valence-electron chi connectivity index (χ3n) is 5.02. The monoisotopic (exact) mass is 421 g/mol. The molecule has 30 heavy (non-hydrogen) atoms. The van der Waals surface area contributed by atoms with Crippen LogP contribution in [0.25, 0.3) is 0 Å². The van der Waals surface area contributed by atoms with E-state index in [0.29, 0.717) is 36.4 Å². The summed E-state index contributed by atoms with van der Waals surface area (Å²) >= 11 is 0. The van der Waals surface area contributed by atoms with Gasteiger partial charge in [0.1, 0.15) is 0 Å². The smallest absolute Gasteiger partial charge is 0.383 e. The Labute approximate surface area is 172 Å². The van der Waals surface area contributed by atoms with Crippen LogP contribution in [0.5, 0.6) is 0 Å². The van der Waals surface area contributed by atoms with E-state index in [9.17, 15) is 22.8 Å². The van der Waals surface area contributed by atoms with Gasteiger partial charge in [-0.2, -0.15) is 13.2 Å². The molecule has 1 atom stereocenters. The van der Waals surface area contributed by atoms with Crippen molar-refractivity contribution in [3.05, 3.63) is 65.2 Å². The van der Waals surface area contributed by atoms with Crippen molar-refractivity contribution in [2.24, 2.45) is 5.73 Å². The first kappa shape index (κ1) is 21.6. The molecule has 0 aromatic heterocycles. The van der Waals surface area contributed by atoms with E-state index in [1.165, 1.54) is 12.1 Å². The fourth-order valence-corrected chi connectivity index (χ4v) is 3.46. The Morgan fingerprint density at radius 2 is 1.77 bits per heavy atom. The minimum Gasteiger partial charge on any atom is -0.383 e. The van der Waals surface area contributed by atoms with Gasteiger partial charge in [-0.1, -0.05) is 12.1 Å². The third kappa shape index (κ3) is 4.73. The minimum absolute atomic E-state index is 0.187. The average Bonchev–Trinajstić information content (AvgIpc) is 2.70. The number of hydrogen-bond acceptors (Lipinski definition) is 3. The number of hydrogen-bond donors (Lipinski definition) is 1. The molecule has 3 amide bonds. The van der Waals surface area contributed by atoms with Crippen molar-refractivity contribution in [2.75, 3.05) is 25.2 Å². The van der Waals surface area contributed by atoms with Crippen LogP contribution in [0.15, 0.2) is 48.5 Å². The maximum absolute atomic E-state index is 13.2. The van der Waals surface area contributed by atoms with Gasteiger partial charge < -0.3 is 15.4 Å². The van der Waals surface area contributed by atoms with Crippen molar-refractivity contribution >= 4 is 17.6 Å². The van der Waals surface area contributed by atoms with Gasteiger partial charge >= 0.3 is 12.2 Å². The SMILES string of the molecule is COC[C@@H]1CCN(Cc2ccc(C(F)(F)F)cc2)C(=O)N1c1ccc(C(N)=O)cc1. The zero-order valence-corrected chi connectivity index (χ0v) is 16.4. The van der Waals surface area contributed by atoms with Crippen LogP contribution in [0.3, 0.4) is 0 Å². The Balaban J connectivity index is 1.81. The molecule has 9 heteroatoms. The Morgan fingerprint density at radius 1 is 1.13 bits per heavy atom. The van der Waals surface area contributed by atoms with Crippen LogP contribution in [-0.2, 0) is 17.5 Å². The number of carbonyl (C=O) groups excluding carboxylic acids is 2. The molecule has 1 heterocycles. The number of halogens is 3. The highest BCUT2D eigenvalue weighted by atomic mass is 19.4. The van der Waals surface area contributed by atoms with E-state index in [4.69, 9.17) is 10.5 Å². The van der Waals surface area contributed by atoms with Crippen LogP contribution in [0, 0.1) is 0 Å². The van der Waals surface area contributed by atoms with Crippen molar-refractivity contribution in [2.45, 2.75) is 25.2 Å². The number of alkyl halides is 3. The van der Waals surface area contributed by atoms with E-state index < -0.39 is 17.6 Å². The molecule has 0 spiro atoms. The minimum atomic E-state index is -4.40. The third-order valence-corrected chi connectivity index (χ3v) is 5.02. The molecular formula is C21H22F3N3O3. The average molecular weight is 421 g/mol. The molecule has 160 valence electrons. The molecule has 0 radical (unpaired) electrons. The molecule has 2 aromatic carbocycles. The second-order valence-electron chi connectivity index (χ2n) is 7.08. The van der Waals surface area contributed by atoms with E-state index >= 15 is 0 Å². The van der Waals surface area contributed by atoms with E-state index in [0.717, 1.165) is 12.1 Å². The quantitative estimate of drug-likeness (QED) is 0.774. The number of nitrogens with zero attached hydrogens (tertiary/aromatic N) is 2. The predicted octanol–water partition coefficient (Wildman–Crippen LogP) is 3.65. The second-order valence-corrected chi connectivity index (χ2v) is 7.08. The molecule has 2 aromatic rings. The normalized spacial score (nSPS) is 17.3. The van der Waals surface area contributed by atoms with Crippen molar-refractivity contribution in [3.8, 4) is 0 Å². The summed E-state index contributed by atoms with van der Waals surface area (Å²) in [6, 6.07) is 10.7. The summed E-state index contributed by atoms with van der Waals surface area (Å²) in [4.78, 5) is 27.7. The first-order valence-corrected chi connectivity index (χ1v) is 9.34. The maximum atomic E-state index is 13.2. The number of anilines is 1. The number of nitrogens with two attached hydrogens (primary N) is 1. The number of methoxy groups -OCH3 is 1. The number of carbonyl (C=O) groups is 2. The van der Waals surface area contributed by atoms with Gasteiger partial charge in [0.25, 0.3) is 0 Å². The summed E-state index contributed by atoms with van der Waals surface area (Å²) in [6.45, 7) is 0.966. The van der Waals surface area contributed by atoms with E-state index in [2.05, 4.69) is 0 Å². The highest BCUT2D eigenvalue weighted by Crippen LogP contribution is 2.30. The van der Waals surface area contributed by atoms with E-state index in [1.807, 2.05) is 0 Å². The van der Waals surface area contributed by atoms with Crippen LogP contribution in [0.4, 0.5) is 23.7 Å². The van der Waals surface area contributed by atoms with Gasteiger partial charge in [0, 0.05) is 31.5 Å². The molecule has 0 bridgehead atoms. The molecule has 1 aliphatic heterocycles. The molecule has 3 rings (SSSR count). The van der Waals surface area contributed by atoms with Gasteiger partial charge in [0.2, 0.25) is 5.91 Å². The van der Waals surface area contributed by atoms with Crippen LogP contribution in [0.1, 0.15) is 27.9 Å². The number of amides is 3. The Kier molecular flexibility index (Phi) is 6.31. The highest BCUT2D eigenvalue weighted by molar-refractivity contribution is 5.96. The number of urea groups is 1. The molecule has 0 saturated carbocycles. The Bertz CT molecular complexity index is 898. The lowest BCUT2D eigenvalue weighted by Gasteiger charge is -2.41. The summed E-state index contributed by atoms with van der Waals surface area (Å²) in [5.74, 6) is -0.566. The largest absolute Gasteiger partial charge is 0.416 e. The summed E-state index contributed by atoms with van der Waals surface area (Å²) < 4.78 is 43.5. The second kappa shape index (κ2) is 8.74. The Morgan fingerprint density at radius 3 is 2.30 bits per heavy atom. The molecular weight excluding hydrogens is 399 g/mol. The van der Waals surface area contributed by atoms with E-state index in [-0.39, 0.29) is 18.6 Å². The fourth-order valence-electron chi connectivity index (χ4n) is 3.46. The fraction of sp³-hybridized carbons (Fsp3) is 0.333. The summed E-state index contributed by atoms with van der Waals surface area (Å²) in [7, 11) is 1.55. The topological polar surface area (TPSA) is 75.9 Å². The first-order valence-electron chi connectivity index (χ1n) is 9.34. The number of rotatable bonds is 6. The van der Waals surface area contributed by atoms with Crippen LogP contribution in [-0.4, -0.2) is 43.1 Å². The summed E-state index contributed by atoms with van der Waals surface area (Å²) in [6.07, 6.45) is -3.78. The van der Waals surface area contributed by atoms with Crippen molar-refractivity contribution < 1.29 is 27.5 Å². The van der Waals surface area contributed by atoms with Gasteiger partial charge in [-0.15, -0.1) is 0 Å². The molecule has 0 unspecified atom stereocenters. The standard InChI is InChI=1S/C21H22F3N3O3/c1-30-13-18-10-11-26(12-14-2-6-16(7-3-14)21(22,23)24)20(29)27(18)17-8-4-15(5-9-17)19(25)28/h2-9,18H,10-13H2,1H3,(H2,25,28)/t18-/m0/s1. The zero-order chi connectivity index (χ0) is 21.9. The van der Waals surface area contributed by atoms with Crippen molar-refractivity contribution in [1.29, 1.82) is 0 Å². The summed E-state index contributed by atoms with van der Waals surface area (Å²) in [5.41, 5.74) is 6.06. The molecule has 1 fully saturated rings. The lowest BCUT2D eigenvalue weighted by Crippen LogP contribution is -2.55. The maximum Gasteiger partial charge on any atom is 0.416 e. The van der Waals surface area contributed by atoms with Crippen molar-refractivity contribution in [3.63, 3.8) is 0 Å². The number of benzene rings is 2. The Hall–Kier alpha value is -3.07. The van der Waals surface area contributed by atoms with E-state index in [1.54, 1.807) is 41.2 Å². The zero-order valence-electron chi connectivity index (χ0n) is 16.4. The molecule has 6 nitrogen and oxygen atoms in total. The summed E-state index contributed by atoms with van der Waals surface area (Å²) in [5, 5.41) is 0. The van der Waals surface area contributed by atoms with Crippen LogP contribution >= 0.6 is 0 Å². The van der Waals surface area contributed by atoms with Gasteiger partial charge in [0.15, 0.2) is 0 Å². The lowest BCUT2D eigenvalue weighted by molar-refractivity contribution is -0.137. The highest BCUT2D eigenvalue weighted by Gasteiger charge is 2.35. The van der Waals surface area contributed by atoms with Gasteiger partial charge in [-0.3, -0.25) is 9.69 Å². The van der Waals surface area contributed by atoms with Gasteiger partial charge in [-0.05, 0) is 48.4 Å². The molecule has 1 aliphatic rings. The molecule has 2 N–H and O–H groups in total. The van der Waals surface area contributed by atoms with Crippen LogP contribution in [0.2, 0.25) is 0 Å². The van der Waals surface area contributed by atoms with Crippen molar-refractivity contribution in [1.82, 2.24) is 4.90 Å².